The molecule has 0 spiro atoms. The van der Waals surface area contributed by atoms with Crippen LogP contribution in [0.2, 0.25) is 0 Å². The fourth-order valence-electron chi connectivity index (χ4n) is 4.88. The molecule has 4 aromatic rings. The third-order valence-corrected chi connectivity index (χ3v) is 6.47. The first-order valence-corrected chi connectivity index (χ1v) is 12.6. The average molecular weight is 521 g/mol. The number of benzene rings is 1. The van der Waals surface area contributed by atoms with Crippen LogP contribution < -0.4 is 21.3 Å². The van der Waals surface area contributed by atoms with Crippen molar-refractivity contribution in [2.75, 3.05) is 23.3 Å². The number of fused-ring (bicyclic) bond motifs is 1. The predicted octanol–water partition coefficient (Wildman–Crippen LogP) is 4.12. The lowest BCUT2D eigenvalue weighted by atomic mass is 9.96. The Morgan fingerprint density at radius 1 is 1.13 bits per heavy atom. The van der Waals surface area contributed by atoms with Crippen molar-refractivity contribution in [2.24, 2.45) is 11.7 Å². The van der Waals surface area contributed by atoms with Gasteiger partial charge in [-0.25, -0.2) is 13.8 Å². The van der Waals surface area contributed by atoms with Gasteiger partial charge in [-0.15, -0.1) is 0 Å². The molecule has 0 radical (unpaired) electrons. The van der Waals surface area contributed by atoms with Crippen molar-refractivity contribution in [1.29, 1.82) is 0 Å². The molecule has 1 aliphatic heterocycles. The van der Waals surface area contributed by atoms with Gasteiger partial charge in [0.25, 0.3) is 5.91 Å². The van der Waals surface area contributed by atoms with Gasteiger partial charge in [-0.3, -0.25) is 9.78 Å². The van der Waals surface area contributed by atoms with E-state index < -0.39 is 17.5 Å². The number of pyridine rings is 1. The molecule has 2 unspecified atom stereocenters. The van der Waals surface area contributed by atoms with Gasteiger partial charge >= 0.3 is 0 Å². The molecular formula is C27H30F2N8O. The molecule has 1 fully saturated rings. The summed E-state index contributed by atoms with van der Waals surface area (Å²) >= 11 is 0. The number of hydrogen-bond acceptors (Lipinski definition) is 7. The highest BCUT2D eigenvalue weighted by atomic mass is 19.1. The van der Waals surface area contributed by atoms with Crippen LogP contribution in [0, 0.1) is 17.6 Å². The predicted molar refractivity (Wildman–Crippen MR) is 142 cm³/mol. The number of nitrogens with two attached hydrogens (primary N) is 1. The molecule has 0 aliphatic carbocycles. The molecule has 4 N–H and O–H groups in total. The van der Waals surface area contributed by atoms with Crippen molar-refractivity contribution < 1.29 is 13.6 Å². The van der Waals surface area contributed by atoms with Crippen LogP contribution in [0.25, 0.3) is 16.8 Å². The molecule has 38 heavy (non-hydrogen) atoms. The van der Waals surface area contributed by atoms with Crippen molar-refractivity contribution in [3.8, 4) is 11.3 Å². The van der Waals surface area contributed by atoms with Gasteiger partial charge in [0.1, 0.15) is 11.6 Å². The van der Waals surface area contributed by atoms with Crippen LogP contribution >= 0.6 is 0 Å². The number of imidazole rings is 1. The van der Waals surface area contributed by atoms with E-state index in [-0.39, 0.29) is 28.9 Å². The maximum atomic E-state index is 15.4. The van der Waals surface area contributed by atoms with Crippen molar-refractivity contribution in [3.63, 3.8) is 0 Å². The lowest BCUT2D eigenvalue weighted by Crippen LogP contribution is -2.46. The number of anilines is 3. The van der Waals surface area contributed by atoms with Crippen molar-refractivity contribution in [3.05, 3.63) is 66.1 Å². The minimum Gasteiger partial charge on any atom is -0.368 e. The zero-order valence-electron chi connectivity index (χ0n) is 21.4. The zero-order valence-corrected chi connectivity index (χ0v) is 21.4. The molecule has 4 heterocycles. The van der Waals surface area contributed by atoms with E-state index in [1.807, 2.05) is 6.07 Å². The van der Waals surface area contributed by atoms with Crippen molar-refractivity contribution >= 4 is 28.7 Å². The number of piperidine rings is 1. The smallest absolute Gasteiger partial charge is 0.254 e. The van der Waals surface area contributed by atoms with Gasteiger partial charge in [-0.1, -0.05) is 6.92 Å². The van der Waals surface area contributed by atoms with Gasteiger partial charge in [0.2, 0.25) is 5.95 Å². The van der Waals surface area contributed by atoms with Crippen LogP contribution in [-0.4, -0.2) is 50.7 Å². The molecule has 11 heteroatoms. The SMILES string of the molecule is CC1CC(N)CN(c2ccncc2Nc2ncc3ccc(-c4c(F)ccc(C(=O)NC(C)C)c4F)nn23)C1. The second kappa shape index (κ2) is 10.3. The summed E-state index contributed by atoms with van der Waals surface area (Å²) in [6.07, 6.45) is 5.99. The lowest BCUT2D eigenvalue weighted by Gasteiger charge is -2.37. The van der Waals surface area contributed by atoms with E-state index in [2.05, 4.69) is 37.5 Å². The van der Waals surface area contributed by atoms with E-state index in [1.165, 1.54) is 10.6 Å². The molecule has 0 bridgehead atoms. The maximum Gasteiger partial charge on any atom is 0.254 e. The monoisotopic (exact) mass is 520 g/mol. The highest BCUT2D eigenvalue weighted by Crippen LogP contribution is 2.32. The molecule has 1 amide bonds. The fourth-order valence-corrected chi connectivity index (χ4v) is 4.88. The Kier molecular flexibility index (Phi) is 6.94. The molecular weight excluding hydrogens is 490 g/mol. The third kappa shape index (κ3) is 5.01. The minimum atomic E-state index is -0.977. The number of rotatable bonds is 6. The summed E-state index contributed by atoms with van der Waals surface area (Å²) < 4.78 is 31.7. The number of carbonyl (C=O) groups is 1. The normalized spacial score (nSPS) is 17.7. The second-order valence-corrected chi connectivity index (χ2v) is 10.1. The van der Waals surface area contributed by atoms with E-state index in [0.717, 1.165) is 30.8 Å². The first-order chi connectivity index (χ1) is 18.2. The van der Waals surface area contributed by atoms with Gasteiger partial charge in [0, 0.05) is 31.4 Å². The zero-order chi connectivity index (χ0) is 27.0. The van der Waals surface area contributed by atoms with Crippen molar-refractivity contribution in [1.82, 2.24) is 24.9 Å². The molecule has 9 nitrogen and oxygen atoms in total. The first kappa shape index (κ1) is 25.5. The van der Waals surface area contributed by atoms with Gasteiger partial charge < -0.3 is 21.3 Å². The number of hydrogen-bond donors (Lipinski definition) is 3. The fraction of sp³-hybridized carbons (Fsp3) is 0.333. The highest BCUT2D eigenvalue weighted by Gasteiger charge is 2.25. The van der Waals surface area contributed by atoms with Gasteiger partial charge in [0.15, 0.2) is 0 Å². The molecule has 5 rings (SSSR count). The summed E-state index contributed by atoms with van der Waals surface area (Å²) in [6.45, 7) is 7.27. The number of nitrogens with zero attached hydrogens (tertiary/aromatic N) is 5. The van der Waals surface area contributed by atoms with E-state index in [0.29, 0.717) is 29.6 Å². The lowest BCUT2D eigenvalue weighted by molar-refractivity contribution is 0.0939. The molecule has 1 aromatic carbocycles. The van der Waals surface area contributed by atoms with E-state index >= 15 is 4.39 Å². The average Bonchev–Trinajstić information content (AvgIpc) is 3.25. The molecule has 2 atom stereocenters. The minimum absolute atomic E-state index is 0.0231. The van der Waals surface area contributed by atoms with Crippen molar-refractivity contribution in [2.45, 2.75) is 39.3 Å². The highest BCUT2D eigenvalue weighted by molar-refractivity contribution is 5.96. The van der Waals surface area contributed by atoms with Crippen LogP contribution in [0.4, 0.5) is 26.1 Å². The number of nitrogens with one attached hydrogen (secondary N) is 2. The number of carbonyl (C=O) groups excluding carboxylic acids is 1. The number of halogens is 2. The van der Waals surface area contributed by atoms with E-state index in [9.17, 15) is 9.18 Å². The van der Waals surface area contributed by atoms with Gasteiger partial charge in [-0.05, 0) is 56.5 Å². The van der Waals surface area contributed by atoms with E-state index in [4.69, 9.17) is 5.73 Å². The Labute approximate surface area is 219 Å². The maximum absolute atomic E-state index is 15.4. The molecule has 198 valence electrons. The number of amides is 1. The Bertz CT molecular complexity index is 1480. The quantitative estimate of drug-likeness (QED) is 0.350. The molecule has 3 aromatic heterocycles. The summed E-state index contributed by atoms with van der Waals surface area (Å²) in [4.78, 5) is 23.4. The Morgan fingerprint density at radius 2 is 1.95 bits per heavy atom. The summed E-state index contributed by atoms with van der Waals surface area (Å²) in [5.74, 6) is -1.63. The summed E-state index contributed by atoms with van der Waals surface area (Å²) in [6, 6.07) is 7.14. The van der Waals surface area contributed by atoms with Crippen LogP contribution in [-0.2, 0) is 0 Å². The summed E-state index contributed by atoms with van der Waals surface area (Å²) in [5.41, 5.74) is 7.90. The van der Waals surface area contributed by atoms with Gasteiger partial charge in [-0.2, -0.15) is 9.61 Å². The Balaban J connectivity index is 1.51. The molecule has 1 aliphatic rings. The third-order valence-electron chi connectivity index (χ3n) is 6.47. The number of aromatic nitrogens is 4. The Hall–Kier alpha value is -4.12. The van der Waals surface area contributed by atoms with Crippen LogP contribution in [0.5, 0.6) is 0 Å². The topological polar surface area (TPSA) is 113 Å². The largest absolute Gasteiger partial charge is 0.368 e. The Morgan fingerprint density at radius 3 is 2.71 bits per heavy atom. The van der Waals surface area contributed by atoms with Crippen LogP contribution in [0.3, 0.4) is 0 Å². The van der Waals surface area contributed by atoms with Gasteiger partial charge in [0.05, 0.1) is 46.1 Å². The van der Waals surface area contributed by atoms with E-state index in [1.54, 1.807) is 38.5 Å². The summed E-state index contributed by atoms with van der Waals surface area (Å²) in [7, 11) is 0. The molecule has 0 saturated carbocycles. The summed E-state index contributed by atoms with van der Waals surface area (Å²) in [5, 5.41) is 10.4. The first-order valence-electron chi connectivity index (χ1n) is 12.6. The van der Waals surface area contributed by atoms with Crippen LogP contribution in [0.15, 0.2) is 48.9 Å². The van der Waals surface area contributed by atoms with Crippen LogP contribution in [0.1, 0.15) is 37.6 Å². The molecule has 1 saturated heterocycles. The standard InChI is InChI=1S/C27H30F2N8O/c1-15(2)33-26(38)19-5-6-20(28)24(25(19)29)21-7-4-18-11-32-27(37(18)35-21)34-22-12-31-9-8-23(22)36-13-16(3)10-17(30)14-36/h4-9,11-12,15-17H,10,13-14,30H2,1-3H3,(H,32,34)(H,33,38). The second-order valence-electron chi connectivity index (χ2n) is 10.1.